The molecule has 2 aromatic carbocycles. The molecule has 0 radical (unpaired) electrons. The Hall–Kier alpha value is -2.58. The molecular formula is C21H29N3O4S. The number of amides is 1. The number of sulfonamides is 1. The summed E-state index contributed by atoms with van der Waals surface area (Å²) in [5, 5.41) is 2.88. The Morgan fingerprint density at radius 3 is 2.31 bits per heavy atom. The Balaban J connectivity index is 2.22. The van der Waals surface area contributed by atoms with Crippen molar-refractivity contribution in [2.75, 3.05) is 45.6 Å². The highest BCUT2D eigenvalue weighted by Gasteiger charge is 2.23. The van der Waals surface area contributed by atoms with Crippen molar-refractivity contribution in [3.8, 4) is 5.75 Å². The Bertz CT molecular complexity index is 941. The highest BCUT2D eigenvalue weighted by molar-refractivity contribution is 7.92. The van der Waals surface area contributed by atoms with Crippen molar-refractivity contribution in [1.82, 2.24) is 10.2 Å². The molecule has 0 aliphatic carbocycles. The third-order valence-electron chi connectivity index (χ3n) is 4.60. The number of carbonyl (C=O) groups is 1. The Morgan fingerprint density at radius 1 is 1.07 bits per heavy atom. The molecule has 0 saturated carbocycles. The van der Waals surface area contributed by atoms with E-state index in [4.69, 9.17) is 4.74 Å². The number of benzene rings is 2. The molecule has 8 heteroatoms. The van der Waals surface area contributed by atoms with Crippen LogP contribution in [0.5, 0.6) is 5.75 Å². The van der Waals surface area contributed by atoms with Crippen molar-refractivity contribution in [3.63, 3.8) is 0 Å². The van der Waals surface area contributed by atoms with Crippen LogP contribution in [0.2, 0.25) is 0 Å². The molecule has 0 heterocycles. The smallest absolute Gasteiger partial charge is 0.264 e. The van der Waals surface area contributed by atoms with Gasteiger partial charge in [0, 0.05) is 19.2 Å². The lowest BCUT2D eigenvalue weighted by Gasteiger charge is -2.22. The Morgan fingerprint density at radius 2 is 1.72 bits per heavy atom. The van der Waals surface area contributed by atoms with E-state index in [1.54, 1.807) is 30.3 Å². The van der Waals surface area contributed by atoms with Crippen molar-refractivity contribution in [2.45, 2.75) is 18.2 Å². The van der Waals surface area contributed by atoms with Crippen LogP contribution in [0.4, 0.5) is 5.69 Å². The van der Waals surface area contributed by atoms with E-state index >= 15 is 0 Å². The van der Waals surface area contributed by atoms with Crippen LogP contribution in [0.15, 0.2) is 47.4 Å². The zero-order valence-electron chi connectivity index (χ0n) is 17.6. The first kappa shape index (κ1) is 22.7. The fourth-order valence-corrected chi connectivity index (χ4v) is 4.08. The van der Waals surface area contributed by atoms with E-state index in [-0.39, 0.29) is 10.8 Å². The van der Waals surface area contributed by atoms with Crippen molar-refractivity contribution in [1.29, 1.82) is 0 Å². The topological polar surface area (TPSA) is 79.0 Å². The number of carbonyl (C=O) groups excluding carboxylic acids is 1. The average Bonchev–Trinajstić information content (AvgIpc) is 2.70. The van der Waals surface area contributed by atoms with Crippen molar-refractivity contribution < 1.29 is 17.9 Å². The van der Waals surface area contributed by atoms with E-state index in [0.29, 0.717) is 23.5 Å². The average molecular weight is 420 g/mol. The van der Waals surface area contributed by atoms with Crippen LogP contribution < -0.4 is 14.4 Å². The summed E-state index contributed by atoms with van der Waals surface area (Å²) >= 11 is 0. The molecule has 7 nitrogen and oxygen atoms in total. The lowest BCUT2D eigenvalue weighted by molar-refractivity contribution is 0.0952. The van der Waals surface area contributed by atoms with Gasteiger partial charge in [-0.25, -0.2) is 8.42 Å². The minimum Gasteiger partial charge on any atom is -0.497 e. The Kier molecular flexibility index (Phi) is 7.64. The number of hydrogen-bond donors (Lipinski definition) is 1. The summed E-state index contributed by atoms with van der Waals surface area (Å²) in [7, 11) is 3.20. The summed E-state index contributed by atoms with van der Waals surface area (Å²) in [5.74, 6) is 0.357. The van der Waals surface area contributed by atoms with Gasteiger partial charge in [-0.1, -0.05) is 6.07 Å². The first-order chi connectivity index (χ1) is 13.7. The van der Waals surface area contributed by atoms with Crippen LogP contribution >= 0.6 is 0 Å². The SMILES string of the molecule is COc1ccc(S(=O)(=O)N(C)c2cc(C(=O)NCCCN(C)C)ccc2C)cc1. The molecule has 0 atom stereocenters. The van der Waals surface area contributed by atoms with Gasteiger partial charge in [-0.3, -0.25) is 9.10 Å². The quantitative estimate of drug-likeness (QED) is 0.632. The van der Waals surface area contributed by atoms with Gasteiger partial charge >= 0.3 is 0 Å². The molecule has 0 aliphatic rings. The summed E-state index contributed by atoms with van der Waals surface area (Å²) in [6.07, 6.45) is 0.837. The molecule has 1 amide bonds. The number of nitrogens with zero attached hydrogens (tertiary/aromatic N) is 2. The molecule has 0 fully saturated rings. The minimum atomic E-state index is -3.77. The number of anilines is 1. The van der Waals surface area contributed by atoms with Crippen LogP contribution in [0.25, 0.3) is 0 Å². The molecule has 2 rings (SSSR count). The maximum Gasteiger partial charge on any atom is 0.264 e. The van der Waals surface area contributed by atoms with Crippen LogP contribution in [-0.4, -0.2) is 60.6 Å². The lowest BCUT2D eigenvalue weighted by Crippen LogP contribution is -2.29. The van der Waals surface area contributed by atoms with Gasteiger partial charge in [0.1, 0.15) is 5.75 Å². The Labute approximate surface area is 173 Å². The van der Waals surface area contributed by atoms with Crippen molar-refractivity contribution >= 4 is 21.6 Å². The summed E-state index contributed by atoms with van der Waals surface area (Å²) in [4.78, 5) is 14.7. The number of hydrogen-bond acceptors (Lipinski definition) is 5. The highest BCUT2D eigenvalue weighted by Crippen LogP contribution is 2.27. The maximum atomic E-state index is 13.0. The number of rotatable bonds is 9. The molecule has 0 spiro atoms. The molecule has 0 aromatic heterocycles. The summed E-state index contributed by atoms with van der Waals surface area (Å²) < 4.78 is 32.3. The predicted octanol–water partition coefficient (Wildman–Crippen LogP) is 2.51. The molecule has 158 valence electrons. The van der Waals surface area contributed by atoms with Crippen LogP contribution in [0.3, 0.4) is 0 Å². The number of nitrogens with one attached hydrogen (secondary N) is 1. The van der Waals surface area contributed by atoms with Gasteiger partial charge in [0.2, 0.25) is 0 Å². The molecule has 0 saturated heterocycles. The van der Waals surface area contributed by atoms with Crippen LogP contribution in [0, 0.1) is 6.92 Å². The number of aryl methyl sites for hydroxylation is 1. The minimum absolute atomic E-state index is 0.152. The van der Waals surface area contributed by atoms with E-state index in [1.165, 1.54) is 30.6 Å². The van der Waals surface area contributed by atoms with E-state index < -0.39 is 10.0 Å². The van der Waals surface area contributed by atoms with Crippen molar-refractivity contribution in [3.05, 3.63) is 53.6 Å². The van der Waals surface area contributed by atoms with E-state index in [9.17, 15) is 13.2 Å². The fourth-order valence-electron chi connectivity index (χ4n) is 2.82. The normalized spacial score (nSPS) is 11.4. The zero-order valence-corrected chi connectivity index (χ0v) is 18.4. The molecule has 29 heavy (non-hydrogen) atoms. The van der Waals surface area contributed by atoms with Gasteiger partial charge in [-0.05, 0) is 75.9 Å². The largest absolute Gasteiger partial charge is 0.497 e. The summed E-state index contributed by atoms with van der Waals surface area (Å²) in [6, 6.07) is 11.3. The van der Waals surface area contributed by atoms with Gasteiger partial charge in [-0.2, -0.15) is 0 Å². The molecule has 2 aromatic rings. The predicted molar refractivity (Wildman–Crippen MR) is 115 cm³/mol. The number of methoxy groups -OCH3 is 1. The van der Waals surface area contributed by atoms with Crippen LogP contribution in [-0.2, 0) is 10.0 Å². The van der Waals surface area contributed by atoms with E-state index in [0.717, 1.165) is 18.5 Å². The standard InChI is InChI=1S/C21H29N3O4S/c1-16-7-8-17(21(25)22-13-6-14-23(2)3)15-20(16)24(4)29(26,27)19-11-9-18(28-5)10-12-19/h7-12,15H,6,13-14H2,1-5H3,(H,22,25). The zero-order chi connectivity index (χ0) is 21.6. The molecule has 0 aliphatic heterocycles. The lowest BCUT2D eigenvalue weighted by atomic mass is 10.1. The molecular weight excluding hydrogens is 390 g/mol. The fraction of sp³-hybridized carbons (Fsp3) is 0.381. The number of ether oxygens (including phenoxy) is 1. The molecule has 1 N–H and O–H groups in total. The monoisotopic (exact) mass is 419 g/mol. The van der Waals surface area contributed by atoms with E-state index in [2.05, 4.69) is 10.2 Å². The second-order valence-corrected chi connectivity index (χ2v) is 9.03. The first-order valence-electron chi connectivity index (χ1n) is 9.33. The summed E-state index contributed by atoms with van der Waals surface area (Å²) in [5.41, 5.74) is 1.64. The van der Waals surface area contributed by atoms with Gasteiger partial charge in [0.25, 0.3) is 15.9 Å². The van der Waals surface area contributed by atoms with E-state index in [1.807, 2.05) is 21.0 Å². The highest BCUT2D eigenvalue weighted by atomic mass is 32.2. The molecule has 0 bridgehead atoms. The van der Waals surface area contributed by atoms with Crippen molar-refractivity contribution in [2.24, 2.45) is 0 Å². The third-order valence-corrected chi connectivity index (χ3v) is 6.38. The second-order valence-electron chi connectivity index (χ2n) is 7.06. The van der Waals surface area contributed by atoms with Gasteiger partial charge in [-0.15, -0.1) is 0 Å². The first-order valence-corrected chi connectivity index (χ1v) is 10.8. The van der Waals surface area contributed by atoms with Gasteiger partial charge < -0.3 is 15.0 Å². The third kappa shape index (κ3) is 5.71. The second kappa shape index (κ2) is 9.76. The maximum absolute atomic E-state index is 13.0. The summed E-state index contributed by atoms with van der Waals surface area (Å²) in [6.45, 7) is 3.25. The van der Waals surface area contributed by atoms with Gasteiger partial charge in [0.05, 0.1) is 17.7 Å². The molecule has 0 unspecified atom stereocenters. The van der Waals surface area contributed by atoms with Gasteiger partial charge in [0.15, 0.2) is 0 Å². The van der Waals surface area contributed by atoms with Crippen LogP contribution in [0.1, 0.15) is 22.3 Å².